The van der Waals surface area contributed by atoms with Crippen LogP contribution in [0.25, 0.3) is 10.9 Å². The molecule has 124 valence electrons. The molecule has 6 heteroatoms. The lowest BCUT2D eigenvalue weighted by Crippen LogP contribution is -2.12. The van der Waals surface area contributed by atoms with Crippen LogP contribution >= 0.6 is 0 Å². The van der Waals surface area contributed by atoms with Gasteiger partial charge in [0.2, 0.25) is 0 Å². The summed E-state index contributed by atoms with van der Waals surface area (Å²) in [6.45, 7) is 3.97. The normalized spacial score (nSPS) is 11.4. The van der Waals surface area contributed by atoms with Crippen LogP contribution in [0.5, 0.6) is 11.5 Å². The number of aryl methyl sites for hydroxylation is 1. The summed E-state index contributed by atoms with van der Waals surface area (Å²) in [7, 11) is -4.05. The van der Waals surface area contributed by atoms with Gasteiger partial charge in [0, 0.05) is 11.6 Å². The molecule has 0 fully saturated rings. The second kappa shape index (κ2) is 6.49. The quantitative estimate of drug-likeness (QED) is 0.661. The number of fused-ring (bicyclic) bond motifs is 1. The van der Waals surface area contributed by atoms with Gasteiger partial charge in [0.1, 0.15) is 16.2 Å². The zero-order valence-corrected chi connectivity index (χ0v) is 14.2. The monoisotopic (exact) mass is 343 g/mol. The van der Waals surface area contributed by atoms with E-state index in [2.05, 4.69) is 4.98 Å². The molecule has 1 heterocycles. The van der Waals surface area contributed by atoms with Gasteiger partial charge >= 0.3 is 10.1 Å². The van der Waals surface area contributed by atoms with Gasteiger partial charge in [-0.05, 0) is 43.7 Å². The Morgan fingerprint density at radius 3 is 2.62 bits per heavy atom. The Labute approximate surface area is 141 Å². The minimum absolute atomic E-state index is 0.0114. The number of para-hydroxylation sites is 1. The molecule has 0 saturated heterocycles. The molecule has 0 atom stereocenters. The van der Waals surface area contributed by atoms with Gasteiger partial charge in [0.05, 0.1) is 6.61 Å². The van der Waals surface area contributed by atoms with Crippen molar-refractivity contribution in [1.29, 1.82) is 0 Å². The predicted octanol–water partition coefficient (Wildman–Crippen LogP) is 3.71. The van der Waals surface area contributed by atoms with Gasteiger partial charge in [0.15, 0.2) is 5.75 Å². The molecule has 0 aliphatic heterocycles. The molecule has 0 spiro atoms. The van der Waals surface area contributed by atoms with Crippen LogP contribution in [0, 0.1) is 6.92 Å². The van der Waals surface area contributed by atoms with Gasteiger partial charge in [-0.3, -0.25) is 4.98 Å². The smallest absolute Gasteiger partial charge is 0.343 e. The topological polar surface area (TPSA) is 65.5 Å². The van der Waals surface area contributed by atoms with Crippen molar-refractivity contribution in [3.8, 4) is 11.5 Å². The van der Waals surface area contributed by atoms with E-state index in [0.29, 0.717) is 12.1 Å². The van der Waals surface area contributed by atoms with Gasteiger partial charge in [0.25, 0.3) is 0 Å². The molecule has 1 aromatic heterocycles. The fourth-order valence-electron chi connectivity index (χ4n) is 2.39. The molecular formula is C18H17NO4S. The molecule has 0 saturated carbocycles. The van der Waals surface area contributed by atoms with E-state index in [9.17, 15) is 8.42 Å². The molecule has 0 unspecified atom stereocenters. The Bertz CT molecular complexity index is 978. The minimum atomic E-state index is -4.05. The van der Waals surface area contributed by atoms with Gasteiger partial charge in [-0.25, -0.2) is 0 Å². The van der Waals surface area contributed by atoms with Crippen molar-refractivity contribution >= 4 is 21.0 Å². The second-order valence-corrected chi connectivity index (χ2v) is 6.77. The van der Waals surface area contributed by atoms with E-state index >= 15 is 0 Å². The molecule has 3 rings (SSSR count). The van der Waals surface area contributed by atoms with E-state index in [4.69, 9.17) is 8.92 Å². The number of benzene rings is 2. The summed E-state index contributed by atoms with van der Waals surface area (Å²) in [5, 5.41) is 0.805. The number of pyridine rings is 1. The van der Waals surface area contributed by atoms with Crippen LogP contribution in [0.15, 0.2) is 59.6 Å². The SMILES string of the molecule is CCOc1ccc(C)cc1S(=O)(=O)Oc1cccc2cccnc12. The van der Waals surface area contributed by atoms with E-state index in [1.54, 1.807) is 49.5 Å². The summed E-state index contributed by atoms with van der Waals surface area (Å²) in [5.41, 5.74) is 1.30. The van der Waals surface area contributed by atoms with E-state index in [-0.39, 0.29) is 16.4 Å². The van der Waals surface area contributed by atoms with Crippen LogP contribution in [0.1, 0.15) is 12.5 Å². The number of rotatable bonds is 5. The van der Waals surface area contributed by atoms with E-state index in [0.717, 1.165) is 10.9 Å². The Balaban J connectivity index is 2.07. The summed E-state index contributed by atoms with van der Waals surface area (Å²) >= 11 is 0. The molecule has 3 aromatic rings. The first kappa shape index (κ1) is 16.3. The predicted molar refractivity (Wildman–Crippen MR) is 91.9 cm³/mol. The van der Waals surface area contributed by atoms with Crippen LogP contribution in [0.4, 0.5) is 0 Å². The summed E-state index contributed by atoms with van der Waals surface area (Å²) in [6.07, 6.45) is 1.60. The molecule has 24 heavy (non-hydrogen) atoms. The van der Waals surface area contributed by atoms with Crippen molar-refractivity contribution < 1.29 is 17.3 Å². The van der Waals surface area contributed by atoms with Crippen LogP contribution in [-0.2, 0) is 10.1 Å². The van der Waals surface area contributed by atoms with E-state index in [1.807, 2.05) is 19.1 Å². The maximum Gasteiger partial charge on any atom is 0.343 e. The zero-order chi connectivity index (χ0) is 17.2. The van der Waals surface area contributed by atoms with Crippen LogP contribution in [0.2, 0.25) is 0 Å². The Morgan fingerprint density at radius 2 is 1.83 bits per heavy atom. The molecule has 0 N–H and O–H groups in total. The van der Waals surface area contributed by atoms with Crippen molar-refractivity contribution in [3.63, 3.8) is 0 Å². The second-order valence-electron chi connectivity index (χ2n) is 5.25. The van der Waals surface area contributed by atoms with Crippen molar-refractivity contribution in [2.45, 2.75) is 18.7 Å². The van der Waals surface area contributed by atoms with Gasteiger partial charge < -0.3 is 8.92 Å². The average molecular weight is 343 g/mol. The summed E-state index contributed by atoms with van der Waals surface area (Å²) < 4.78 is 36.3. The Kier molecular flexibility index (Phi) is 4.40. The standard InChI is InChI=1S/C18H17NO4S/c1-3-22-15-10-9-13(2)12-17(15)24(20,21)23-16-8-4-6-14-7-5-11-19-18(14)16/h4-12H,3H2,1-2H3. The zero-order valence-electron chi connectivity index (χ0n) is 13.4. The molecule has 0 amide bonds. The van der Waals surface area contributed by atoms with Crippen LogP contribution in [-0.4, -0.2) is 20.0 Å². The molecule has 2 aromatic carbocycles. The van der Waals surface area contributed by atoms with Crippen molar-refractivity contribution in [2.75, 3.05) is 6.61 Å². The molecule has 0 radical (unpaired) electrons. The average Bonchev–Trinajstić information content (AvgIpc) is 2.57. The molecule has 0 bridgehead atoms. The van der Waals surface area contributed by atoms with Crippen molar-refractivity contribution in [2.24, 2.45) is 0 Å². The first-order valence-electron chi connectivity index (χ1n) is 7.53. The van der Waals surface area contributed by atoms with Crippen molar-refractivity contribution in [3.05, 3.63) is 60.3 Å². The maximum atomic E-state index is 12.8. The Hall–Kier alpha value is -2.60. The number of nitrogens with zero attached hydrogens (tertiary/aromatic N) is 1. The number of aromatic nitrogens is 1. The molecular weight excluding hydrogens is 326 g/mol. The summed E-state index contributed by atoms with van der Waals surface area (Å²) in [4.78, 5) is 4.23. The summed E-state index contributed by atoms with van der Waals surface area (Å²) in [6, 6.07) is 13.8. The molecule has 5 nitrogen and oxygen atoms in total. The van der Waals surface area contributed by atoms with E-state index in [1.165, 1.54) is 0 Å². The Morgan fingerprint density at radius 1 is 1.04 bits per heavy atom. The highest BCUT2D eigenvalue weighted by molar-refractivity contribution is 7.87. The highest BCUT2D eigenvalue weighted by Crippen LogP contribution is 2.30. The number of hydrogen-bond acceptors (Lipinski definition) is 5. The van der Waals surface area contributed by atoms with Gasteiger partial charge in [-0.15, -0.1) is 0 Å². The largest absolute Gasteiger partial charge is 0.492 e. The first-order chi connectivity index (χ1) is 11.5. The van der Waals surface area contributed by atoms with Crippen LogP contribution < -0.4 is 8.92 Å². The van der Waals surface area contributed by atoms with Gasteiger partial charge in [-0.1, -0.05) is 24.3 Å². The highest BCUT2D eigenvalue weighted by atomic mass is 32.2. The number of hydrogen-bond donors (Lipinski definition) is 0. The third-order valence-electron chi connectivity index (χ3n) is 3.46. The third-order valence-corrected chi connectivity index (χ3v) is 4.72. The number of ether oxygens (including phenoxy) is 1. The van der Waals surface area contributed by atoms with Crippen molar-refractivity contribution in [1.82, 2.24) is 4.98 Å². The van der Waals surface area contributed by atoms with E-state index < -0.39 is 10.1 Å². The van der Waals surface area contributed by atoms with Crippen LogP contribution in [0.3, 0.4) is 0 Å². The highest BCUT2D eigenvalue weighted by Gasteiger charge is 2.23. The summed E-state index contributed by atoms with van der Waals surface area (Å²) in [5.74, 6) is 0.466. The first-order valence-corrected chi connectivity index (χ1v) is 8.94. The molecule has 0 aliphatic carbocycles. The molecule has 0 aliphatic rings. The lowest BCUT2D eigenvalue weighted by atomic mass is 10.2. The maximum absolute atomic E-state index is 12.8. The fourth-order valence-corrected chi connectivity index (χ4v) is 3.56. The third kappa shape index (κ3) is 3.19. The lowest BCUT2D eigenvalue weighted by molar-refractivity contribution is 0.329. The lowest BCUT2D eigenvalue weighted by Gasteiger charge is -2.13. The minimum Gasteiger partial charge on any atom is -0.492 e. The fraction of sp³-hybridized carbons (Fsp3) is 0.167. The van der Waals surface area contributed by atoms with Gasteiger partial charge in [-0.2, -0.15) is 8.42 Å².